The molecule has 154 valence electrons. The average molecular weight is 420 g/mol. The lowest BCUT2D eigenvalue weighted by molar-refractivity contribution is -0.142. The summed E-state index contributed by atoms with van der Waals surface area (Å²) in [6.07, 6.45) is 2.08. The van der Waals surface area contributed by atoms with Crippen molar-refractivity contribution in [1.82, 2.24) is 5.32 Å². The summed E-state index contributed by atoms with van der Waals surface area (Å²) in [5, 5.41) is 2.43. The summed E-state index contributed by atoms with van der Waals surface area (Å²) in [5.74, 6) is -1.27. The van der Waals surface area contributed by atoms with Gasteiger partial charge in [0.05, 0.1) is 22.8 Å². The zero-order chi connectivity index (χ0) is 21.0. The molecule has 0 radical (unpaired) electrons. The van der Waals surface area contributed by atoms with Crippen LogP contribution in [0.4, 0.5) is 10.1 Å². The minimum Gasteiger partial charge on any atom is -0.464 e. The monoisotopic (exact) mass is 420 g/mol. The number of amides is 1. The van der Waals surface area contributed by atoms with Gasteiger partial charge < -0.3 is 10.1 Å². The van der Waals surface area contributed by atoms with Gasteiger partial charge in [0, 0.05) is 0 Å². The Labute approximate surface area is 168 Å². The van der Waals surface area contributed by atoms with Gasteiger partial charge in [-0.15, -0.1) is 0 Å². The van der Waals surface area contributed by atoms with Gasteiger partial charge in [0.1, 0.15) is 12.4 Å². The van der Waals surface area contributed by atoms with Crippen LogP contribution in [0.5, 0.6) is 0 Å². The summed E-state index contributed by atoms with van der Waals surface area (Å²) in [4.78, 5) is 24.0. The van der Waals surface area contributed by atoms with Crippen molar-refractivity contribution in [2.45, 2.75) is 24.7 Å². The molecule has 0 heterocycles. The minimum absolute atomic E-state index is 0.0401. The number of ether oxygens (including phenoxy) is 1. The number of sulfonamides is 1. The normalized spacial score (nSPS) is 13.6. The molecule has 2 aromatic rings. The van der Waals surface area contributed by atoms with Crippen LogP contribution in [0.15, 0.2) is 47.4 Å². The van der Waals surface area contributed by atoms with Crippen molar-refractivity contribution in [2.75, 3.05) is 17.9 Å². The van der Waals surface area contributed by atoms with E-state index in [9.17, 15) is 22.4 Å². The summed E-state index contributed by atoms with van der Waals surface area (Å²) in [6, 6.07) is 9.40. The van der Waals surface area contributed by atoms with Gasteiger partial charge in [-0.1, -0.05) is 12.1 Å². The van der Waals surface area contributed by atoms with Gasteiger partial charge in [0.15, 0.2) is 0 Å². The predicted octanol–water partition coefficient (Wildman–Crippen LogP) is 2.62. The fourth-order valence-corrected chi connectivity index (χ4v) is 3.72. The zero-order valence-corrected chi connectivity index (χ0v) is 16.6. The topological polar surface area (TPSA) is 102 Å². The largest absolute Gasteiger partial charge is 0.464 e. The second-order valence-electron chi connectivity index (χ2n) is 6.87. The average Bonchev–Trinajstić information content (AvgIpc) is 3.51. The molecule has 1 fully saturated rings. The third-order valence-electron chi connectivity index (χ3n) is 4.43. The van der Waals surface area contributed by atoms with Crippen LogP contribution in [-0.2, 0) is 19.6 Å². The smallest absolute Gasteiger partial charge is 0.325 e. The zero-order valence-electron chi connectivity index (χ0n) is 15.8. The maximum Gasteiger partial charge on any atom is 0.325 e. The molecule has 0 spiro atoms. The molecule has 0 aromatic heterocycles. The first-order chi connectivity index (χ1) is 13.8. The number of para-hydroxylation sites is 1. The van der Waals surface area contributed by atoms with Crippen molar-refractivity contribution < 1.29 is 27.1 Å². The summed E-state index contributed by atoms with van der Waals surface area (Å²) in [6.45, 7) is 1.49. The summed E-state index contributed by atoms with van der Waals surface area (Å²) < 4.78 is 46.1. The third-order valence-corrected chi connectivity index (χ3v) is 5.79. The van der Waals surface area contributed by atoms with E-state index in [-0.39, 0.29) is 28.3 Å². The Morgan fingerprint density at radius 2 is 1.90 bits per heavy atom. The summed E-state index contributed by atoms with van der Waals surface area (Å²) in [7, 11) is -4.04. The van der Waals surface area contributed by atoms with Crippen molar-refractivity contribution in [3.8, 4) is 0 Å². The molecule has 2 aromatic carbocycles. The number of hydrogen-bond donors (Lipinski definition) is 2. The molecule has 9 heteroatoms. The molecular formula is C20H21FN2O5S. The number of carbonyl (C=O) groups is 2. The van der Waals surface area contributed by atoms with E-state index in [1.54, 1.807) is 12.1 Å². The Hall–Kier alpha value is -2.94. The van der Waals surface area contributed by atoms with Gasteiger partial charge in [0.25, 0.3) is 15.9 Å². The standard InChI is InChI=1S/C20H21FN2O5S/c1-13-10-15(8-9-17(13)21)29(26,27)23-18-5-3-2-4-16(18)20(25)22-11-19(24)28-12-14-6-7-14/h2-5,8-10,14,23H,6-7,11-12H2,1H3,(H,22,25). The fourth-order valence-electron chi connectivity index (χ4n) is 2.55. The molecule has 1 saturated carbocycles. The van der Waals surface area contributed by atoms with Crippen LogP contribution in [0.25, 0.3) is 0 Å². The maximum atomic E-state index is 13.4. The van der Waals surface area contributed by atoms with E-state index < -0.39 is 27.7 Å². The van der Waals surface area contributed by atoms with Crippen molar-refractivity contribution in [3.05, 3.63) is 59.4 Å². The first kappa shape index (κ1) is 20.8. The molecule has 3 rings (SSSR count). The van der Waals surface area contributed by atoms with Gasteiger partial charge in [-0.05, 0) is 61.6 Å². The second kappa shape index (κ2) is 8.60. The molecule has 1 aliphatic rings. The van der Waals surface area contributed by atoms with E-state index in [0.29, 0.717) is 12.5 Å². The number of esters is 1. The lowest BCUT2D eigenvalue weighted by Crippen LogP contribution is -2.31. The molecule has 0 bridgehead atoms. The quantitative estimate of drug-likeness (QED) is 0.640. The molecular weight excluding hydrogens is 399 g/mol. The molecule has 1 aliphatic carbocycles. The highest BCUT2D eigenvalue weighted by molar-refractivity contribution is 7.92. The van der Waals surface area contributed by atoms with E-state index in [0.717, 1.165) is 25.0 Å². The van der Waals surface area contributed by atoms with Gasteiger partial charge in [0.2, 0.25) is 0 Å². The maximum absolute atomic E-state index is 13.4. The molecule has 2 N–H and O–H groups in total. The van der Waals surface area contributed by atoms with E-state index in [1.165, 1.54) is 25.1 Å². The van der Waals surface area contributed by atoms with E-state index in [2.05, 4.69) is 10.0 Å². The van der Waals surface area contributed by atoms with Crippen LogP contribution in [-0.4, -0.2) is 33.4 Å². The second-order valence-corrected chi connectivity index (χ2v) is 8.55. The molecule has 0 atom stereocenters. The minimum atomic E-state index is -4.04. The van der Waals surface area contributed by atoms with Crippen molar-refractivity contribution in [3.63, 3.8) is 0 Å². The van der Waals surface area contributed by atoms with Crippen molar-refractivity contribution in [2.24, 2.45) is 5.92 Å². The molecule has 1 amide bonds. The van der Waals surface area contributed by atoms with Crippen LogP contribution in [0, 0.1) is 18.7 Å². The summed E-state index contributed by atoms with van der Waals surface area (Å²) in [5.41, 5.74) is 0.270. The van der Waals surface area contributed by atoms with Crippen LogP contribution in [0.1, 0.15) is 28.8 Å². The van der Waals surface area contributed by atoms with Gasteiger partial charge in [-0.2, -0.15) is 0 Å². The van der Waals surface area contributed by atoms with Crippen LogP contribution in [0.3, 0.4) is 0 Å². The lowest BCUT2D eigenvalue weighted by atomic mass is 10.1. The Balaban J connectivity index is 1.69. The van der Waals surface area contributed by atoms with E-state index >= 15 is 0 Å². The Kier molecular flexibility index (Phi) is 6.17. The van der Waals surface area contributed by atoms with Gasteiger partial charge in [-0.3, -0.25) is 14.3 Å². The highest BCUT2D eigenvalue weighted by atomic mass is 32.2. The number of nitrogens with one attached hydrogen (secondary N) is 2. The number of halogens is 1. The predicted molar refractivity (Wildman–Crippen MR) is 104 cm³/mol. The van der Waals surface area contributed by atoms with Gasteiger partial charge in [-0.25, -0.2) is 12.8 Å². The summed E-state index contributed by atoms with van der Waals surface area (Å²) >= 11 is 0. The third kappa shape index (κ3) is 5.54. The lowest BCUT2D eigenvalue weighted by Gasteiger charge is -2.13. The van der Waals surface area contributed by atoms with Crippen LogP contribution in [0.2, 0.25) is 0 Å². The first-order valence-electron chi connectivity index (χ1n) is 9.08. The molecule has 29 heavy (non-hydrogen) atoms. The van der Waals surface area contributed by atoms with E-state index in [4.69, 9.17) is 4.74 Å². The highest BCUT2D eigenvalue weighted by Crippen LogP contribution is 2.28. The SMILES string of the molecule is Cc1cc(S(=O)(=O)Nc2ccccc2C(=O)NCC(=O)OCC2CC2)ccc1F. The molecule has 0 saturated heterocycles. The number of anilines is 1. The van der Waals surface area contributed by atoms with Crippen LogP contribution < -0.4 is 10.0 Å². The number of aryl methyl sites for hydroxylation is 1. The number of carbonyl (C=O) groups excluding carboxylic acids is 2. The Morgan fingerprint density at radius 1 is 1.17 bits per heavy atom. The Morgan fingerprint density at radius 3 is 2.59 bits per heavy atom. The van der Waals surface area contributed by atoms with Crippen molar-refractivity contribution >= 4 is 27.6 Å². The van der Waals surface area contributed by atoms with Crippen LogP contribution >= 0.6 is 0 Å². The number of hydrogen-bond acceptors (Lipinski definition) is 5. The van der Waals surface area contributed by atoms with Crippen molar-refractivity contribution in [1.29, 1.82) is 0 Å². The van der Waals surface area contributed by atoms with Gasteiger partial charge >= 0.3 is 5.97 Å². The molecule has 0 unspecified atom stereocenters. The first-order valence-corrected chi connectivity index (χ1v) is 10.6. The number of benzene rings is 2. The Bertz CT molecular complexity index is 1030. The molecule has 7 nitrogen and oxygen atoms in total. The number of rotatable bonds is 8. The van der Waals surface area contributed by atoms with E-state index in [1.807, 2.05) is 0 Å². The molecule has 0 aliphatic heterocycles. The highest BCUT2D eigenvalue weighted by Gasteiger charge is 2.23. The fraction of sp³-hybridized carbons (Fsp3) is 0.300.